The number of likely N-dealkylation sites (N-methyl/N-ethyl adjacent to an activating group) is 2. The van der Waals surface area contributed by atoms with E-state index in [2.05, 4.69) is 25.7 Å². The number of amides is 1. The maximum Gasteiger partial charge on any atom is 0.228 e. The molecule has 1 N–H and O–H groups in total. The molecule has 0 aliphatic carbocycles. The van der Waals surface area contributed by atoms with Gasteiger partial charge in [0.05, 0.1) is 12.6 Å². The summed E-state index contributed by atoms with van der Waals surface area (Å²) < 4.78 is 0. The van der Waals surface area contributed by atoms with Crippen LogP contribution in [0.15, 0.2) is 0 Å². The molecule has 4 nitrogen and oxygen atoms in total. The van der Waals surface area contributed by atoms with Gasteiger partial charge in [0.15, 0.2) is 0 Å². The molecule has 0 radical (unpaired) electrons. The van der Waals surface area contributed by atoms with E-state index in [1.807, 2.05) is 27.8 Å². The lowest BCUT2D eigenvalue weighted by atomic mass is 9.94. The first-order valence-corrected chi connectivity index (χ1v) is 6.50. The van der Waals surface area contributed by atoms with Gasteiger partial charge >= 0.3 is 0 Å². The summed E-state index contributed by atoms with van der Waals surface area (Å²) in [5.74, 6) is 0.0591. The molecule has 108 valence electrons. The van der Waals surface area contributed by atoms with Crippen molar-refractivity contribution in [3.63, 3.8) is 0 Å². The van der Waals surface area contributed by atoms with E-state index < -0.39 is 5.41 Å². The van der Waals surface area contributed by atoms with Crippen LogP contribution in [0.2, 0.25) is 0 Å². The predicted molar refractivity (Wildman–Crippen MR) is 75.5 cm³/mol. The van der Waals surface area contributed by atoms with Gasteiger partial charge < -0.3 is 10.0 Å². The lowest BCUT2D eigenvalue weighted by molar-refractivity contribution is -0.141. The maximum atomic E-state index is 12.2. The second-order valence-electron chi connectivity index (χ2n) is 7.05. The molecule has 18 heavy (non-hydrogen) atoms. The van der Waals surface area contributed by atoms with Crippen molar-refractivity contribution < 1.29 is 9.90 Å². The number of hydrogen-bond acceptors (Lipinski definition) is 3. The van der Waals surface area contributed by atoms with Crippen molar-refractivity contribution in [2.45, 2.75) is 53.1 Å². The van der Waals surface area contributed by atoms with E-state index in [4.69, 9.17) is 0 Å². The van der Waals surface area contributed by atoms with E-state index in [1.54, 1.807) is 11.9 Å². The first kappa shape index (κ1) is 17.4. The Morgan fingerprint density at radius 1 is 1.11 bits per heavy atom. The van der Waals surface area contributed by atoms with E-state index in [0.29, 0.717) is 6.54 Å². The lowest BCUT2D eigenvalue weighted by Gasteiger charge is -2.38. The van der Waals surface area contributed by atoms with E-state index in [-0.39, 0.29) is 24.1 Å². The van der Waals surface area contributed by atoms with Crippen LogP contribution in [0, 0.1) is 5.41 Å². The van der Waals surface area contributed by atoms with E-state index in [1.165, 1.54) is 0 Å². The molecule has 0 aliphatic rings. The third-order valence-corrected chi connectivity index (χ3v) is 3.35. The molecule has 0 fully saturated rings. The number of aliphatic hydroxyl groups is 1. The van der Waals surface area contributed by atoms with Gasteiger partial charge in [-0.1, -0.05) is 20.8 Å². The Hall–Kier alpha value is -0.610. The Balaban J connectivity index is 4.75. The highest BCUT2D eigenvalue weighted by molar-refractivity contribution is 5.81. The molecule has 0 aromatic heterocycles. The van der Waals surface area contributed by atoms with E-state index in [9.17, 15) is 9.90 Å². The van der Waals surface area contributed by atoms with Gasteiger partial charge in [-0.3, -0.25) is 9.69 Å². The van der Waals surface area contributed by atoms with Gasteiger partial charge in [-0.05, 0) is 27.8 Å². The highest BCUT2D eigenvalue weighted by Crippen LogP contribution is 2.19. The van der Waals surface area contributed by atoms with Gasteiger partial charge in [0.25, 0.3) is 0 Å². The fourth-order valence-corrected chi connectivity index (χ4v) is 1.59. The summed E-state index contributed by atoms with van der Waals surface area (Å²) in [7, 11) is 3.78. The van der Waals surface area contributed by atoms with Crippen molar-refractivity contribution in [3.8, 4) is 0 Å². The van der Waals surface area contributed by atoms with Crippen LogP contribution in [0.1, 0.15) is 41.5 Å². The second kappa shape index (κ2) is 6.02. The van der Waals surface area contributed by atoms with Crippen molar-refractivity contribution in [2.24, 2.45) is 5.41 Å². The van der Waals surface area contributed by atoms with Crippen molar-refractivity contribution in [3.05, 3.63) is 0 Å². The number of hydrogen-bond donors (Lipinski definition) is 1. The Morgan fingerprint density at radius 3 is 1.83 bits per heavy atom. The monoisotopic (exact) mass is 258 g/mol. The fourth-order valence-electron chi connectivity index (χ4n) is 1.59. The molecule has 0 saturated heterocycles. The maximum absolute atomic E-state index is 12.2. The van der Waals surface area contributed by atoms with Crippen LogP contribution in [0.3, 0.4) is 0 Å². The summed E-state index contributed by atoms with van der Waals surface area (Å²) >= 11 is 0. The summed E-state index contributed by atoms with van der Waals surface area (Å²) in [4.78, 5) is 16.0. The molecule has 1 amide bonds. The normalized spacial score (nSPS) is 14.8. The van der Waals surface area contributed by atoms with Crippen LogP contribution in [0.4, 0.5) is 0 Å². The van der Waals surface area contributed by atoms with E-state index in [0.717, 1.165) is 0 Å². The van der Waals surface area contributed by atoms with Gasteiger partial charge in [0.2, 0.25) is 5.91 Å². The summed E-state index contributed by atoms with van der Waals surface area (Å²) in [6.45, 7) is 12.7. The molecule has 0 heterocycles. The molecule has 4 heteroatoms. The Labute approximate surface area is 112 Å². The van der Waals surface area contributed by atoms with Crippen molar-refractivity contribution in [1.29, 1.82) is 0 Å². The SMILES string of the molecule is CN(C(=O)C(C)(C)C)C(CO)CN(C)C(C)(C)C. The molecule has 0 spiro atoms. The van der Waals surface area contributed by atoms with Crippen LogP contribution < -0.4 is 0 Å². The number of nitrogens with zero attached hydrogens (tertiary/aromatic N) is 2. The quantitative estimate of drug-likeness (QED) is 0.832. The Kier molecular flexibility index (Phi) is 5.82. The molecule has 0 saturated carbocycles. The van der Waals surface area contributed by atoms with Gasteiger partial charge in [0, 0.05) is 24.5 Å². The van der Waals surface area contributed by atoms with Gasteiger partial charge in [0.1, 0.15) is 0 Å². The molecule has 0 rings (SSSR count). The average molecular weight is 258 g/mol. The minimum atomic E-state index is -0.414. The largest absolute Gasteiger partial charge is 0.394 e. The van der Waals surface area contributed by atoms with Crippen LogP contribution in [0.5, 0.6) is 0 Å². The van der Waals surface area contributed by atoms with Crippen LogP contribution in [0.25, 0.3) is 0 Å². The average Bonchev–Trinajstić information content (AvgIpc) is 2.20. The standard InChI is InChI=1S/C14H30N2O2/c1-13(2,3)12(18)16(8)11(10-17)9-15(7)14(4,5)6/h11,17H,9-10H2,1-8H3. The smallest absolute Gasteiger partial charge is 0.228 e. The topological polar surface area (TPSA) is 43.8 Å². The first-order chi connectivity index (χ1) is 7.91. The number of rotatable bonds is 4. The number of aliphatic hydroxyl groups excluding tert-OH is 1. The third kappa shape index (κ3) is 4.94. The molecule has 1 unspecified atom stereocenters. The van der Waals surface area contributed by atoms with Gasteiger partial charge in [-0.2, -0.15) is 0 Å². The van der Waals surface area contributed by atoms with Crippen LogP contribution in [-0.4, -0.2) is 59.6 Å². The van der Waals surface area contributed by atoms with Crippen molar-refractivity contribution in [2.75, 3.05) is 27.2 Å². The highest BCUT2D eigenvalue weighted by Gasteiger charge is 2.31. The van der Waals surface area contributed by atoms with Crippen molar-refractivity contribution >= 4 is 5.91 Å². The summed E-state index contributed by atoms with van der Waals surface area (Å²) in [6, 6.07) is -0.166. The third-order valence-electron chi connectivity index (χ3n) is 3.35. The predicted octanol–water partition coefficient (Wildman–Crippen LogP) is 1.58. The Morgan fingerprint density at radius 2 is 1.56 bits per heavy atom. The summed E-state index contributed by atoms with van der Waals surface area (Å²) in [5, 5.41) is 9.51. The zero-order valence-electron chi connectivity index (χ0n) is 13.2. The Bertz CT molecular complexity index is 276. The molecule has 0 bridgehead atoms. The zero-order chi connectivity index (χ0) is 14.7. The molecule has 0 aromatic carbocycles. The zero-order valence-corrected chi connectivity index (χ0v) is 13.2. The highest BCUT2D eigenvalue weighted by atomic mass is 16.3. The van der Waals surface area contributed by atoms with E-state index >= 15 is 0 Å². The number of carbonyl (C=O) groups is 1. The summed E-state index contributed by atoms with van der Waals surface area (Å²) in [5.41, 5.74) is -0.387. The van der Waals surface area contributed by atoms with Gasteiger partial charge in [-0.25, -0.2) is 0 Å². The van der Waals surface area contributed by atoms with Gasteiger partial charge in [-0.15, -0.1) is 0 Å². The van der Waals surface area contributed by atoms with Crippen molar-refractivity contribution in [1.82, 2.24) is 9.80 Å². The second-order valence-corrected chi connectivity index (χ2v) is 7.05. The minimum Gasteiger partial charge on any atom is -0.394 e. The van der Waals surface area contributed by atoms with Crippen LogP contribution >= 0.6 is 0 Å². The fraction of sp³-hybridized carbons (Fsp3) is 0.929. The lowest BCUT2D eigenvalue weighted by Crippen LogP contribution is -2.52. The molecule has 0 aromatic rings. The molecular weight excluding hydrogens is 228 g/mol. The first-order valence-electron chi connectivity index (χ1n) is 6.50. The summed E-state index contributed by atoms with van der Waals surface area (Å²) in [6.07, 6.45) is 0. The minimum absolute atomic E-state index is 0.0151. The molecular formula is C14H30N2O2. The number of carbonyl (C=O) groups excluding carboxylic acids is 1. The van der Waals surface area contributed by atoms with Crippen LogP contribution in [-0.2, 0) is 4.79 Å². The molecule has 0 aliphatic heterocycles. The molecule has 1 atom stereocenters.